The second-order valence-corrected chi connectivity index (χ2v) is 11.5. The maximum Gasteiger partial charge on any atom is 0.313 e. The topological polar surface area (TPSA) is 101 Å². The van der Waals surface area contributed by atoms with Crippen LogP contribution in [0.5, 0.6) is 0 Å². The van der Waals surface area contributed by atoms with Gasteiger partial charge in [0.05, 0.1) is 30.1 Å². The molecule has 0 amide bonds. The van der Waals surface area contributed by atoms with Crippen LogP contribution in [-0.4, -0.2) is 60.5 Å². The van der Waals surface area contributed by atoms with Crippen molar-refractivity contribution >= 4 is 11.8 Å². The van der Waals surface area contributed by atoms with E-state index in [9.17, 15) is 14.7 Å². The maximum atomic E-state index is 13.1. The minimum atomic E-state index is -0.616. The van der Waals surface area contributed by atoms with Crippen molar-refractivity contribution < 1.29 is 38.4 Å². The van der Waals surface area contributed by atoms with E-state index in [0.29, 0.717) is 32.1 Å². The van der Waals surface area contributed by atoms with Gasteiger partial charge in [0.25, 0.3) is 0 Å². The lowest BCUT2D eigenvalue weighted by Crippen LogP contribution is -2.47. The molecule has 0 spiro atoms. The van der Waals surface area contributed by atoms with Crippen LogP contribution in [0, 0.1) is 23.7 Å². The van der Waals surface area contributed by atoms with Gasteiger partial charge in [-0.3, -0.25) is 9.59 Å². The summed E-state index contributed by atoms with van der Waals surface area (Å²) in [5.41, 5.74) is 0.571. The Balaban J connectivity index is 2.22. The summed E-state index contributed by atoms with van der Waals surface area (Å²) in [6.45, 7) is 17.4. The quantitative estimate of drug-likeness (QED) is 0.259. The molecule has 214 valence electrons. The first-order chi connectivity index (χ1) is 17.3. The molecule has 2 rings (SSSR count). The van der Waals surface area contributed by atoms with E-state index in [4.69, 9.17) is 23.7 Å². The first kappa shape index (κ1) is 31.7. The van der Waals surface area contributed by atoms with Crippen LogP contribution in [0.1, 0.15) is 94.4 Å². The number of aliphatic hydroxyl groups is 1. The zero-order valence-corrected chi connectivity index (χ0v) is 24.5. The van der Waals surface area contributed by atoms with Crippen LogP contribution in [0.25, 0.3) is 0 Å². The first-order valence-electron chi connectivity index (χ1n) is 13.9. The summed E-state index contributed by atoms with van der Waals surface area (Å²) in [6, 6.07) is 0. The molecule has 0 radical (unpaired) electrons. The Kier molecular flexibility index (Phi) is 11.6. The second kappa shape index (κ2) is 13.5. The van der Waals surface area contributed by atoms with E-state index in [-0.39, 0.29) is 29.6 Å². The monoisotopic (exact) mass is 526 g/mol. The third kappa shape index (κ3) is 8.01. The molecule has 0 aromatic rings. The second-order valence-electron chi connectivity index (χ2n) is 11.5. The number of esters is 1. The highest BCUT2D eigenvalue weighted by atomic mass is 16.7. The molecule has 8 nitrogen and oxygen atoms in total. The van der Waals surface area contributed by atoms with E-state index < -0.39 is 42.3 Å². The predicted octanol–water partition coefficient (Wildman–Crippen LogP) is 5.16. The molecule has 2 aliphatic heterocycles. The van der Waals surface area contributed by atoms with Crippen LogP contribution >= 0.6 is 0 Å². The molecular formula is C29H50O8. The number of carbonyl (C=O) groups is 2. The molecular weight excluding hydrogens is 476 g/mol. The van der Waals surface area contributed by atoms with E-state index in [1.165, 1.54) is 7.11 Å². The minimum Gasteiger partial charge on any atom is -0.491 e. The molecule has 1 N–H and O–H groups in total. The molecule has 0 saturated carbocycles. The number of aliphatic hydroxyl groups excluding tert-OH is 1. The van der Waals surface area contributed by atoms with Gasteiger partial charge in [-0.05, 0) is 58.4 Å². The van der Waals surface area contributed by atoms with Crippen LogP contribution < -0.4 is 0 Å². The summed E-state index contributed by atoms with van der Waals surface area (Å²) in [5, 5.41) is 10.3. The fourth-order valence-corrected chi connectivity index (χ4v) is 5.82. The molecule has 10 atom stereocenters. The van der Waals surface area contributed by atoms with Gasteiger partial charge in [-0.1, -0.05) is 27.7 Å². The highest BCUT2D eigenvalue weighted by molar-refractivity contribution is 5.82. The molecule has 1 fully saturated rings. The molecule has 6 unspecified atom stereocenters. The van der Waals surface area contributed by atoms with Crippen LogP contribution in [0.2, 0.25) is 0 Å². The summed E-state index contributed by atoms with van der Waals surface area (Å²) in [4.78, 5) is 25.5. The average Bonchev–Trinajstić information content (AvgIpc) is 3.15. The molecule has 2 heterocycles. The zero-order chi connectivity index (χ0) is 28.1. The number of hydrogen-bond donors (Lipinski definition) is 1. The number of hydrogen-bond acceptors (Lipinski definition) is 8. The molecule has 2 aliphatic rings. The molecule has 8 heteroatoms. The Labute approximate surface area is 223 Å². The van der Waals surface area contributed by atoms with E-state index in [0.717, 1.165) is 11.3 Å². The SMILES string of the molecule is CCC(=O)[C@@H](C)C1=C(C)C[C@@](C)(CC(C)C(O[C@H]2CC(C)[C@@H](O)C(C)O2)C(C)C(=O)OC(CC)OC)O1. The molecule has 0 aromatic carbocycles. The predicted molar refractivity (Wildman–Crippen MR) is 140 cm³/mol. The molecule has 0 aromatic heterocycles. The van der Waals surface area contributed by atoms with Crippen LogP contribution in [-0.2, 0) is 33.3 Å². The molecule has 0 bridgehead atoms. The summed E-state index contributed by atoms with van der Waals surface area (Å²) >= 11 is 0. The van der Waals surface area contributed by atoms with Gasteiger partial charge in [-0.25, -0.2) is 0 Å². The fraction of sp³-hybridized carbons (Fsp3) is 0.862. The Morgan fingerprint density at radius 3 is 2.38 bits per heavy atom. The van der Waals surface area contributed by atoms with Crippen LogP contribution in [0.3, 0.4) is 0 Å². The molecule has 37 heavy (non-hydrogen) atoms. The van der Waals surface area contributed by atoms with Crippen molar-refractivity contribution in [3.8, 4) is 0 Å². The van der Waals surface area contributed by atoms with Gasteiger partial charge in [-0.2, -0.15) is 0 Å². The van der Waals surface area contributed by atoms with Gasteiger partial charge in [0.2, 0.25) is 6.29 Å². The molecule has 1 saturated heterocycles. The lowest BCUT2D eigenvalue weighted by Gasteiger charge is -2.41. The van der Waals surface area contributed by atoms with Crippen molar-refractivity contribution in [2.24, 2.45) is 23.7 Å². The fourth-order valence-electron chi connectivity index (χ4n) is 5.82. The van der Waals surface area contributed by atoms with Gasteiger partial charge in [0.1, 0.15) is 17.1 Å². The van der Waals surface area contributed by atoms with Crippen LogP contribution in [0.4, 0.5) is 0 Å². The number of Topliss-reactive ketones (excluding diaryl/α,β-unsaturated/α-hetero) is 1. The van der Waals surface area contributed by atoms with Crippen molar-refractivity contribution in [3.05, 3.63) is 11.3 Å². The largest absolute Gasteiger partial charge is 0.491 e. The molecule has 0 aliphatic carbocycles. The van der Waals surface area contributed by atoms with Crippen molar-refractivity contribution in [2.45, 2.75) is 131 Å². The first-order valence-corrected chi connectivity index (χ1v) is 13.9. The Morgan fingerprint density at radius 2 is 1.84 bits per heavy atom. The summed E-state index contributed by atoms with van der Waals surface area (Å²) < 4.78 is 29.8. The normalized spacial score (nSPS) is 32.3. The third-order valence-corrected chi connectivity index (χ3v) is 7.97. The van der Waals surface area contributed by atoms with Gasteiger partial charge >= 0.3 is 5.97 Å². The smallest absolute Gasteiger partial charge is 0.313 e. The van der Waals surface area contributed by atoms with Gasteiger partial charge in [0.15, 0.2) is 6.29 Å². The number of carbonyl (C=O) groups excluding carboxylic acids is 2. The standard InChI is InChI=1S/C29H50O8/c1-11-22(30)19(6)27-18(5)15-29(9,37-27)14-17(4)26(20(7)28(32)36-23(12-2)33-10)35-24-13-16(3)25(31)21(8)34-24/h16-17,19-21,23-26,31H,11-15H2,1-10H3/t16?,17?,19-,20?,21?,23?,24+,25-,26?,29-/m1/s1. The van der Waals surface area contributed by atoms with Gasteiger partial charge in [-0.15, -0.1) is 0 Å². The number of ether oxygens (including phenoxy) is 5. The lowest BCUT2D eigenvalue weighted by molar-refractivity contribution is -0.262. The van der Waals surface area contributed by atoms with E-state index in [1.807, 2.05) is 48.5 Å². The zero-order valence-electron chi connectivity index (χ0n) is 24.5. The van der Waals surface area contributed by atoms with Crippen LogP contribution in [0.15, 0.2) is 11.3 Å². The Hall–Kier alpha value is -1.48. The maximum absolute atomic E-state index is 13.1. The highest BCUT2D eigenvalue weighted by Gasteiger charge is 2.44. The van der Waals surface area contributed by atoms with Crippen molar-refractivity contribution in [3.63, 3.8) is 0 Å². The summed E-state index contributed by atoms with van der Waals surface area (Å²) in [6.07, 6.45) is 0.267. The number of methoxy groups -OCH3 is 1. The minimum absolute atomic E-state index is 0.00704. The Morgan fingerprint density at radius 1 is 1.19 bits per heavy atom. The Bertz CT molecular complexity index is 794. The van der Waals surface area contributed by atoms with E-state index in [2.05, 4.69) is 13.8 Å². The number of allylic oxidation sites excluding steroid dienone is 1. The van der Waals surface area contributed by atoms with Gasteiger partial charge in [0, 0.05) is 32.8 Å². The van der Waals surface area contributed by atoms with E-state index in [1.54, 1.807) is 0 Å². The summed E-state index contributed by atoms with van der Waals surface area (Å²) in [7, 11) is 1.52. The van der Waals surface area contributed by atoms with Crippen molar-refractivity contribution in [2.75, 3.05) is 7.11 Å². The third-order valence-electron chi connectivity index (χ3n) is 7.97. The number of rotatable bonds is 13. The van der Waals surface area contributed by atoms with Crippen molar-refractivity contribution in [1.29, 1.82) is 0 Å². The number of ketones is 1. The van der Waals surface area contributed by atoms with Gasteiger partial charge < -0.3 is 28.8 Å². The van der Waals surface area contributed by atoms with Crippen molar-refractivity contribution in [1.82, 2.24) is 0 Å². The van der Waals surface area contributed by atoms with E-state index >= 15 is 0 Å². The lowest BCUT2D eigenvalue weighted by atomic mass is 9.82. The summed E-state index contributed by atoms with van der Waals surface area (Å²) in [5.74, 6) is -0.407. The average molecular weight is 527 g/mol. The highest BCUT2D eigenvalue weighted by Crippen LogP contribution is 2.43.